The molecule has 4 N–H and O–H groups in total. The molecule has 0 aromatic heterocycles. The molecule has 0 atom stereocenters. The Morgan fingerprint density at radius 2 is 0.857 bits per heavy atom. The van der Waals surface area contributed by atoms with Crippen molar-refractivity contribution in [2.24, 2.45) is 0 Å². The Balaban J connectivity index is -0.0000000800. The molecule has 0 spiro atoms. The first-order valence-electron chi connectivity index (χ1n) is 0.894. The van der Waals surface area contributed by atoms with Crippen LogP contribution in [0.4, 0.5) is 0 Å². The third kappa shape index (κ3) is 274. The molecule has 0 aromatic rings. The minimum Gasteiger partial charge on any atom is -0.368 e. The molecule has 0 amide bonds. The molecule has 0 saturated heterocycles. The van der Waals surface area contributed by atoms with Gasteiger partial charge in [0.05, 0.1) is 0 Å². The van der Waals surface area contributed by atoms with Gasteiger partial charge in [-0.05, 0) is 0 Å². The Morgan fingerprint density at radius 1 is 0.857 bits per heavy atom. The molecule has 0 fully saturated rings. The minimum absolute atomic E-state index is 0. The average Bonchev–Trinajstić information content (AvgIpc) is 0.722. The molecule has 0 aromatic carbocycles. The molecule has 0 aliphatic rings. The maximum Gasteiger partial charge on any atom is 0.668 e. The van der Waals surface area contributed by atoms with Gasteiger partial charge in [0, 0.05) is 27.9 Å². The molecule has 0 aliphatic heterocycles. The van der Waals surface area contributed by atoms with Crippen LogP contribution in [0.3, 0.4) is 0 Å². The fourth-order valence-corrected chi connectivity index (χ4v) is 0. The number of hydrogen-bond acceptors (Lipinski definition) is 4. The predicted molar refractivity (Wildman–Crippen MR) is 20.4 cm³/mol. The average molecular weight is 172 g/mol. The van der Waals surface area contributed by atoms with Gasteiger partial charge in [-0.15, -0.1) is 0 Å². The van der Waals surface area contributed by atoms with Crippen LogP contribution in [0.5, 0.6) is 0 Å². The summed E-state index contributed by atoms with van der Waals surface area (Å²) >= 11 is 0. The van der Waals surface area contributed by atoms with E-state index in [0.29, 0.717) is 0 Å². The van der Waals surface area contributed by atoms with Crippen LogP contribution in [0.15, 0.2) is 0 Å². The van der Waals surface area contributed by atoms with E-state index in [4.69, 9.17) is 19.2 Å². The van der Waals surface area contributed by atoms with Crippen molar-refractivity contribution in [1.29, 1.82) is 0 Å². The van der Waals surface area contributed by atoms with Gasteiger partial charge in [0.25, 0.3) is 0 Å². The third-order valence-corrected chi connectivity index (χ3v) is 0. The van der Waals surface area contributed by atoms with Crippen LogP contribution >= 0.6 is 0 Å². The quantitative estimate of drug-likeness (QED) is 0.294. The van der Waals surface area contributed by atoms with E-state index in [0.717, 1.165) is 0 Å². The molecule has 0 heterocycles. The molecular formula is H4BO4SiZn. The Morgan fingerprint density at radius 3 is 0.857 bits per heavy atom. The van der Waals surface area contributed by atoms with Gasteiger partial charge >= 0.3 is 9.05 Å². The molecule has 3 radical (unpaired) electrons. The van der Waals surface area contributed by atoms with Crippen molar-refractivity contribution in [3.05, 3.63) is 0 Å². The van der Waals surface area contributed by atoms with Crippen molar-refractivity contribution < 1.29 is 38.7 Å². The van der Waals surface area contributed by atoms with Crippen LogP contribution in [-0.2, 0) is 19.5 Å². The standard InChI is InChI=1S/B.H4O4Si.Zn/c;1-5(2,3)4;/h;1-4H;. The van der Waals surface area contributed by atoms with Gasteiger partial charge in [-0.2, -0.15) is 0 Å². The SMILES string of the molecule is O[Si](O)(O)O.[B].[Zn]. The van der Waals surface area contributed by atoms with Gasteiger partial charge in [0.2, 0.25) is 0 Å². The van der Waals surface area contributed by atoms with Crippen LogP contribution in [-0.4, -0.2) is 36.6 Å². The monoisotopic (exact) mass is 171 g/mol. The number of rotatable bonds is 0. The van der Waals surface area contributed by atoms with Crippen molar-refractivity contribution in [3.8, 4) is 0 Å². The maximum absolute atomic E-state index is 7.33. The second-order valence-electron chi connectivity index (χ2n) is 0.600. The summed E-state index contributed by atoms with van der Waals surface area (Å²) in [5, 5.41) is 0. The molecular weight excluding hydrogens is 168 g/mol. The molecule has 0 bridgehead atoms. The summed E-state index contributed by atoms with van der Waals surface area (Å²) in [5.41, 5.74) is 0. The summed E-state index contributed by atoms with van der Waals surface area (Å²) in [7, 11) is -4.61. The summed E-state index contributed by atoms with van der Waals surface area (Å²) in [5.74, 6) is 0. The summed E-state index contributed by atoms with van der Waals surface area (Å²) < 4.78 is 0. The Kier molecular flexibility index (Phi) is 10.9. The fraction of sp³-hybridized carbons (Fsp3) is 0. The van der Waals surface area contributed by atoms with E-state index in [1.165, 1.54) is 0 Å². The summed E-state index contributed by atoms with van der Waals surface area (Å²) in [6.45, 7) is 0. The van der Waals surface area contributed by atoms with Crippen LogP contribution < -0.4 is 0 Å². The zero-order valence-electron chi connectivity index (χ0n) is 3.57. The van der Waals surface area contributed by atoms with E-state index in [2.05, 4.69) is 0 Å². The van der Waals surface area contributed by atoms with Crippen molar-refractivity contribution >= 4 is 17.5 Å². The zero-order valence-corrected chi connectivity index (χ0v) is 7.54. The maximum atomic E-state index is 7.33. The summed E-state index contributed by atoms with van der Waals surface area (Å²) in [6.07, 6.45) is 0. The first-order chi connectivity index (χ1) is 2.00. The van der Waals surface area contributed by atoms with Crippen molar-refractivity contribution in [2.45, 2.75) is 0 Å². The van der Waals surface area contributed by atoms with Crippen LogP contribution in [0.2, 0.25) is 0 Å². The van der Waals surface area contributed by atoms with Crippen molar-refractivity contribution in [1.82, 2.24) is 0 Å². The molecule has 7 heteroatoms. The van der Waals surface area contributed by atoms with Gasteiger partial charge < -0.3 is 19.2 Å². The third-order valence-electron chi connectivity index (χ3n) is 0. The van der Waals surface area contributed by atoms with E-state index in [9.17, 15) is 0 Å². The van der Waals surface area contributed by atoms with Crippen LogP contribution in [0.1, 0.15) is 0 Å². The Labute approximate surface area is 56.6 Å². The predicted octanol–water partition coefficient (Wildman–Crippen LogP) is -2.99. The molecule has 0 rings (SSSR count). The molecule has 0 aliphatic carbocycles. The van der Waals surface area contributed by atoms with E-state index < -0.39 is 9.05 Å². The van der Waals surface area contributed by atoms with Gasteiger partial charge in [-0.25, -0.2) is 0 Å². The topological polar surface area (TPSA) is 80.9 Å². The van der Waals surface area contributed by atoms with E-state index in [1.807, 2.05) is 0 Å². The Hall–Kier alpha value is 0.745. The van der Waals surface area contributed by atoms with E-state index >= 15 is 0 Å². The normalized spacial score (nSPS) is 8.57. The Bertz CT molecular complexity index is 27.2. The molecule has 4 nitrogen and oxygen atoms in total. The smallest absolute Gasteiger partial charge is 0.368 e. The fourth-order valence-electron chi connectivity index (χ4n) is 0. The van der Waals surface area contributed by atoms with Gasteiger partial charge in [0.15, 0.2) is 0 Å². The van der Waals surface area contributed by atoms with E-state index in [1.54, 1.807) is 0 Å². The van der Waals surface area contributed by atoms with Gasteiger partial charge in [-0.3, -0.25) is 0 Å². The van der Waals surface area contributed by atoms with E-state index in [-0.39, 0.29) is 27.9 Å². The molecule has 0 unspecified atom stereocenters. The van der Waals surface area contributed by atoms with Crippen molar-refractivity contribution in [3.63, 3.8) is 0 Å². The van der Waals surface area contributed by atoms with Gasteiger partial charge in [-0.1, -0.05) is 0 Å². The number of hydrogen-bond donors (Lipinski definition) is 4. The first-order valence-corrected chi connectivity index (χ1v) is 2.68. The largest absolute Gasteiger partial charge is 0.668 e. The molecule has 0 saturated carbocycles. The second kappa shape index (κ2) is 4.89. The zero-order chi connectivity index (χ0) is 4.50. The van der Waals surface area contributed by atoms with Crippen LogP contribution in [0, 0.1) is 0 Å². The van der Waals surface area contributed by atoms with Crippen molar-refractivity contribution in [2.75, 3.05) is 0 Å². The first kappa shape index (κ1) is 15.6. The summed E-state index contributed by atoms with van der Waals surface area (Å²) in [4.78, 5) is 29.3. The second-order valence-corrected chi connectivity index (χ2v) is 1.80. The molecule has 7 heavy (non-hydrogen) atoms. The van der Waals surface area contributed by atoms with Crippen LogP contribution in [0.25, 0.3) is 0 Å². The van der Waals surface area contributed by atoms with Gasteiger partial charge in [0.1, 0.15) is 0 Å². The molecule has 37 valence electrons. The minimum atomic E-state index is -4.61. The summed E-state index contributed by atoms with van der Waals surface area (Å²) in [6, 6.07) is 0.